The summed E-state index contributed by atoms with van der Waals surface area (Å²) in [4.78, 5) is 37.3. The fourth-order valence-electron chi connectivity index (χ4n) is 7.41. The van der Waals surface area contributed by atoms with Crippen LogP contribution in [0.5, 0.6) is 5.88 Å². The zero-order valence-corrected chi connectivity index (χ0v) is 32.6. The van der Waals surface area contributed by atoms with Crippen molar-refractivity contribution in [2.45, 2.75) is 56.3 Å². The van der Waals surface area contributed by atoms with Gasteiger partial charge in [0.25, 0.3) is 17.9 Å². The van der Waals surface area contributed by atoms with Crippen molar-refractivity contribution in [1.82, 2.24) is 29.6 Å². The number of benzene rings is 2. The van der Waals surface area contributed by atoms with Gasteiger partial charge in [0.2, 0.25) is 11.8 Å². The average Bonchev–Trinajstić information content (AvgIpc) is 3.82. The third-order valence-corrected chi connectivity index (χ3v) is 10.6. The van der Waals surface area contributed by atoms with Crippen molar-refractivity contribution in [2.75, 3.05) is 25.2 Å². The van der Waals surface area contributed by atoms with E-state index in [2.05, 4.69) is 30.1 Å². The molecule has 3 atom stereocenters. The molecule has 0 aliphatic heterocycles. The van der Waals surface area contributed by atoms with Gasteiger partial charge in [-0.25, -0.2) is 22.5 Å². The molecule has 2 aliphatic rings. The number of nitrogens with zero attached hydrogens (tertiary/aromatic N) is 6. The van der Waals surface area contributed by atoms with Gasteiger partial charge in [0.1, 0.15) is 41.2 Å². The molecular formula is C37H31ClF9N9O3S. The topological polar surface area (TPSA) is 154 Å². The fourth-order valence-corrected chi connectivity index (χ4v) is 7.95. The number of amidine groups is 1. The third kappa shape index (κ3) is 8.17. The molecule has 0 spiro atoms. The number of nitrogens with one attached hydrogen (secondary N) is 2. The Labute approximate surface area is 342 Å². The number of ether oxygens (including phenoxy) is 1. The maximum atomic E-state index is 15.4. The second-order valence-electron chi connectivity index (χ2n) is 13.8. The Balaban J connectivity index is 1.41. The number of anilines is 1. The molecule has 1 amide bonds. The molecule has 7 rings (SSSR count). The highest BCUT2D eigenvalue weighted by Crippen LogP contribution is 2.68. The number of rotatable bonds is 14. The van der Waals surface area contributed by atoms with Gasteiger partial charge < -0.3 is 21.1 Å². The van der Waals surface area contributed by atoms with Gasteiger partial charge in [-0.05, 0) is 60.2 Å². The molecule has 318 valence electrons. The zero-order chi connectivity index (χ0) is 43.4. The lowest BCUT2D eigenvalue weighted by Crippen LogP contribution is -2.38. The van der Waals surface area contributed by atoms with Crippen LogP contribution in [0.1, 0.15) is 65.1 Å². The third-order valence-electron chi connectivity index (χ3n) is 9.91. The molecule has 2 aliphatic carbocycles. The summed E-state index contributed by atoms with van der Waals surface area (Å²) >= 11 is 7.54. The quantitative estimate of drug-likeness (QED) is 0.0445. The van der Waals surface area contributed by atoms with Crippen molar-refractivity contribution in [3.8, 4) is 11.6 Å². The summed E-state index contributed by atoms with van der Waals surface area (Å²) in [6.07, 6.45) is -8.12. The number of fused-ring (bicyclic) bond motifs is 4. The molecule has 2 aromatic carbocycles. The highest BCUT2D eigenvalue weighted by atomic mass is 35.5. The number of halogens is 10. The number of aromatic nitrogens is 5. The van der Waals surface area contributed by atoms with Gasteiger partial charge in [-0.1, -0.05) is 11.6 Å². The maximum Gasteiger partial charge on any atom is 0.392 e. The molecule has 3 heterocycles. The van der Waals surface area contributed by atoms with Crippen LogP contribution in [0.15, 0.2) is 51.7 Å². The first-order valence-electron chi connectivity index (χ1n) is 17.8. The normalized spacial score (nSPS) is 17.4. The van der Waals surface area contributed by atoms with E-state index in [0.717, 1.165) is 34.7 Å². The van der Waals surface area contributed by atoms with E-state index in [1.54, 1.807) is 6.26 Å². The van der Waals surface area contributed by atoms with Crippen LogP contribution in [0.3, 0.4) is 0 Å². The lowest BCUT2D eigenvalue weighted by molar-refractivity contribution is -0.139. The molecular weight excluding hydrogens is 857 g/mol. The molecule has 12 nitrogen and oxygen atoms in total. The number of carbonyl (C=O) groups excluding carboxylic acids is 1. The Morgan fingerprint density at radius 3 is 2.50 bits per heavy atom. The van der Waals surface area contributed by atoms with Gasteiger partial charge in [-0.2, -0.15) is 36.4 Å². The SMILES string of the molecule is CNc1c(-n2c(C(Cc3cc(F)cc(F)c3)NC(=O)Cn3nc(C(F)F)c4c3C(F)(F)C3CC43)nc3nc(OCCC(F)(F)F)ccc3c2=O)ccc(Cl)c1C(N)=NSC. The van der Waals surface area contributed by atoms with E-state index in [4.69, 9.17) is 22.1 Å². The number of hydrogen-bond donors (Lipinski definition) is 3. The van der Waals surface area contributed by atoms with E-state index in [1.807, 2.05) is 0 Å². The number of carbonyl (C=O) groups is 1. The molecule has 1 saturated carbocycles. The average molecular weight is 888 g/mol. The molecule has 5 aromatic rings. The van der Waals surface area contributed by atoms with E-state index in [1.165, 1.54) is 25.2 Å². The van der Waals surface area contributed by atoms with E-state index >= 15 is 8.78 Å². The summed E-state index contributed by atoms with van der Waals surface area (Å²) in [5.41, 5.74) is 2.99. The molecule has 23 heteroatoms. The molecule has 60 heavy (non-hydrogen) atoms. The van der Waals surface area contributed by atoms with Crippen molar-refractivity contribution >= 4 is 52.0 Å². The summed E-state index contributed by atoms with van der Waals surface area (Å²) in [5, 5.41) is 9.00. The van der Waals surface area contributed by atoms with Crippen molar-refractivity contribution in [1.29, 1.82) is 0 Å². The maximum absolute atomic E-state index is 15.4. The largest absolute Gasteiger partial charge is 0.477 e. The molecule has 0 saturated heterocycles. The highest BCUT2D eigenvalue weighted by molar-refractivity contribution is 7.97. The van der Waals surface area contributed by atoms with Gasteiger partial charge in [0, 0.05) is 43.3 Å². The lowest BCUT2D eigenvalue weighted by atomic mass is 10.0. The minimum absolute atomic E-state index is 0.0222. The van der Waals surface area contributed by atoms with Gasteiger partial charge in [0.15, 0.2) is 5.65 Å². The Hall–Kier alpha value is -5.51. The van der Waals surface area contributed by atoms with Crippen molar-refractivity contribution in [2.24, 2.45) is 16.0 Å². The van der Waals surface area contributed by atoms with Gasteiger partial charge in [-0.15, -0.1) is 0 Å². The van der Waals surface area contributed by atoms with Crippen molar-refractivity contribution < 1.29 is 49.0 Å². The molecule has 3 unspecified atom stereocenters. The first-order valence-corrected chi connectivity index (χ1v) is 19.4. The Bertz CT molecular complexity index is 2580. The second kappa shape index (κ2) is 16.2. The first-order chi connectivity index (χ1) is 28.3. The van der Waals surface area contributed by atoms with E-state index in [9.17, 15) is 40.3 Å². The van der Waals surface area contributed by atoms with E-state index < -0.39 is 108 Å². The standard InChI is InChI=1S/C37H31ClF9N9O3S/c1-49-28-23(5-4-21(38)27(28)32(48)54-60-2)56-34(52-33-18(35(56)58)3-6-25(51-33)59-8-7-36(43,44)45)22(11-15-9-16(39)12-17(40)10-15)50-24(57)14-55-30-26(29(53-55)31(41)42)19-13-20(19)37(30,46)47/h3-6,9-10,12,19-20,22,31,49H,7-8,11,13-14H2,1-2H3,(H2,48,54)(H,50,57). The van der Waals surface area contributed by atoms with E-state index in [0.29, 0.717) is 10.7 Å². The monoisotopic (exact) mass is 887 g/mol. The summed E-state index contributed by atoms with van der Waals surface area (Å²) in [6, 6.07) is 5.83. The lowest BCUT2D eigenvalue weighted by Gasteiger charge is -2.25. The van der Waals surface area contributed by atoms with Crippen LogP contribution in [-0.2, 0) is 23.7 Å². The number of amides is 1. The highest BCUT2D eigenvalue weighted by Gasteiger charge is 2.67. The Kier molecular flexibility index (Phi) is 11.5. The predicted octanol–water partition coefficient (Wildman–Crippen LogP) is 7.51. The molecule has 4 N–H and O–H groups in total. The predicted molar refractivity (Wildman–Crippen MR) is 203 cm³/mol. The van der Waals surface area contributed by atoms with Crippen LogP contribution in [0, 0.1) is 17.6 Å². The van der Waals surface area contributed by atoms with Crippen LogP contribution >= 0.6 is 23.5 Å². The number of alkyl halides is 7. The van der Waals surface area contributed by atoms with Crippen LogP contribution < -0.4 is 26.7 Å². The van der Waals surface area contributed by atoms with Crippen molar-refractivity contribution in [3.63, 3.8) is 0 Å². The minimum Gasteiger partial charge on any atom is -0.477 e. The van der Waals surface area contributed by atoms with Crippen LogP contribution in [0.4, 0.5) is 45.2 Å². The zero-order valence-electron chi connectivity index (χ0n) is 31.1. The summed E-state index contributed by atoms with van der Waals surface area (Å²) in [5.74, 6) is -9.74. The first kappa shape index (κ1) is 42.6. The Morgan fingerprint density at radius 2 is 1.85 bits per heavy atom. The van der Waals surface area contributed by atoms with Gasteiger partial charge >= 0.3 is 6.18 Å². The smallest absolute Gasteiger partial charge is 0.392 e. The summed E-state index contributed by atoms with van der Waals surface area (Å²) < 4.78 is 138. The van der Waals surface area contributed by atoms with Crippen LogP contribution in [0.2, 0.25) is 5.02 Å². The number of hydrogen-bond acceptors (Lipinski definition) is 9. The molecule has 1 fully saturated rings. The summed E-state index contributed by atoms with van der Waals surface area (Å²) in [6.45, 7) is -1.89. The molecule has 0 bridgehead atoms. The summed E-state index contributed by atoms with van der Waals surface area (Å²) in [7, 11) is 1.46. The molecule has 0 radical (unpaired) electrons. The van der Waals surface area contributed by atoms with E-state index in [-0.39, 0.29) is 56.6 Å². The van der Waals surface area contributed by atoms with Crippen LogP contribution in [-0.4, -0.2) is 62.1 Å². The van der Waals surface area contributed by atoms with Crippen LogP contribution in [0.25, 0.3) is 16.7 Å². The fraction of sp³-hybridized carbons (Fsp3) is 0.351. The van der Waals surface area contributed by atoms with Gasteiger partial charge in [0.05, 0.1) is 46.4 Å². The van der Waals surface area contributed by atoms with Gasteiger partial charge in [-0.3, -0.25) is 18.8 Å². The number of nitrogens with two attached hydrogens (primary N) is 1. The molecule has 3 aromatic heterocycles. The number of pyridine rings is 1. The Morgan fingerprint density at radius 1 is 1.13 bits per heavy atom. The van der Waals surface area contributed by atoms with Crippen molar-refractivity contribution in [3.05, 3.63) is 103 Å². The second-order valence-corrected chi connectivity index (χ2v) is 14.8. The minimum atomic E-state index is -4.57.